The van der Waals surface area contributed by atoms with E-state index in [1.807, 2.05) is 0 Å². The van der Waals surface area contributed by atoms with Crippen molar-refractivity contribution in [1.29, 1.82) is 0 Å². The summed E-state index contributed by atoms with van der Waals surface area (Å²) in [6.45, 7) is 4.49. The van der Waals surface area contributed by atoms with Gasteiger partial charge >= 0.3 is 0 Å². The van der Waals surface area contributed by atoms with Crippen LogP contribution in [0.4, 0.5) is 0 Å². The number of aliphatic hydroxyl groups excluding tert-OH is 1. The molecule has 0 fully saturated rings. The molecule has 0 aromatic carbocycles. The third-order valence-electron chi connectivity index (χ3n) is 8.72. The van der Waals surface area contributed by atoms with Crippen LogP contribution in [0.2, 0.25) is 0 Å². The molecular formula is C37H73NO5S. The molecule has 2 unspecified atom stereocenters. The maximum absolute atomic E-state index is 12.5. The highest BCUT2D eigenvalue weighted by Gasteiger charge is 2.26. The van der Waals surface area contributed by atoms with Crippen LogP contribution < -0.4 is 5.32 Å². The Morgan fingerprint density at radius 1 is 0.591 bits per heavy atom. The fourth-order valence-electron chi connectivity index (χ4n) is 5.86. The van der Waals surface area contributed by atoms with Crippen molar-refractivity contribution in [3.8, 4) is 0 Å². The van der Waals surface area contributed by atoms with Gasteiger partial charge in [0.2, 0.25) is 5.91 Å². The van der Waals surface area contributed by atoms with E-state index in [2.05, 4.69) is 31.3 Å². The number of carbonyl (C=O) groups excluding carboxylic acids is 1. The first-order chi connectivity index (χ1) is 21.3. The second-order valence-corrected chi connectivity index (χ2v) is 14.7. The summed E-state index contributed by atoms with van der Waals surface area (Å²) in [5.74, 6) is -0.894. The Bertz CT molecular complexity index is 755. The Hall–Kier alpha value is -0.920. The minimum absolute atomic E-state index is 0.248. The summed E-state index contributed by atoms with van der Waals surface area (Å²) in [5.41, 5.74) is 0. The molecule has 0 radical (unpaired) electrons. The molecule has 0 aliphatic carbocycles. The fourth-order valence-corrected chi connectivity index (χ4v) is 6.62. The van der Waals surface area contributed by atoms with Crippen molar-refractivity contribution in [2.75, 3.05) is 5.75 Å². The zero-order valence-corrected chi connectivity index (χ0v) is 29.9. The molecule has 262 valence electrons. The predicted octanol–water partition coefficient (Wildman–Crippen LogP) is 10.6. The van der Waals surface area contributed by atoms with Crippen molar-refractivity contribution >= 4 is 16.0 Å². The molecule has 0 aromatic heterocycles. The van der Waals surface area contributed by atoms with Gasteiger partial charge in [-0.2, -0.15) is 8.42 Å². The topological polar surface area (TPSA) is 104 Å². The SMILES string of the molecule is CCCCCCCC/C=C\CCCCCCCCCCCC(=O)NC(CS(=O)(=O)O)C(O)CCCCCCCCCCCC. The van der Waals surface area contributed by atoms with Gasteiger partial charge in [-0.3, -0.25) is 9.35 Å². The number of nitrogens with one attached hydrogen (secondary N) is 1. The summed E-state index contributed by atoms with van der Waals surface area (Å²) >= 11 is 0. The third kappa shape index (κ3) is 32.5. The Balaban J connectivity index is 3.83. The molecule has 0 rings (SSSR count). The van der Waals surface area contributed by atoms with Gasteiger partial charge in [-0.05, 0) is 38.5 Å². The van der Waals surface area contributed by atoms with E-state index in [0.29, 0.717) is 12.8 Å². The van der Waals surface area contributed by atoms with E-state index in [1.54, 1.807) is 0 Å². The lowest BCUT2D eigenvalue weighted by atomic mass is 10.0. The lowest BCUT2D eigenvalue weighted by Gasteiger charge is -2.23. The van der Waals surface area contributed by atoms with Crippen LogP contribution in [0, 0.1) is 0 Å². The Morgan fingerprint density at radius 3 is 1.36 bits per heavy atom. The molecule has 0 bridgehead atoms. The molecule has 0 aromatic rings. The molecule has 44 heavy (non-hydrogen) atoms. The van der Waals surface area contributed by atoms with E-state index in [0.717, 1.165) is 38.5 Å². The van der Waals surface area contributed by atoms with Gasteiger partial charge in [-0.15, -0.1) is 0 Å². The lowest BCUT2D eigenvalue weighted by molar-refractivity contribution is -0.122. The van der Waals surface area contributed by atoms with Gasteiger partial charge in [0.05, 0.1) is 17.9 Å². The predicted molar refractivity (Wildman–Crippen MR) is 189 cm³/mol. The van der Waals surface area contributed by atoms with Crippen LogP contribution in [0.5, 0.6) is 0 Å². The number of hydrogen-bond acceptors (Lipinski definition) is 4. The molecule has 0 saturated carbocycles. The van der Waals surface area contributed by atoms with Crippen LogP contribution in [0.25, 0.3) is 0 Å². The van der Waals surface area contributed by atoms with E-state index in [1.165, 1.54) is 135 Å². The molecule has 0 spiro atoms. The van der Waals surface area contributed by atoms with Crippen LogP contribution >= 0.6 is 0 Å². The third-order valence-corrected chi connectivity index (χ3v) is 9.50. The Kier molecular flexibility index (Phi) is 31.4. The fraction of sp³-hybridized carbons (Fsp3) is 0.919. The summed E-state index contributed by atoms with van der Waals surface area (Å²) < 4.78 is 32.4. The molecule has 6 nitrogen and oxygen atoms in total. The maximum atomic E-state index is 12.5. The van der Waals surface area contributed by atoms with Gasteiger partial charge in [0.1, 0.15) is 0 Å². The average Bonchev–Trinajstić information content (AvgIpc) is 2.98. The van der Waals surface area contributed by atoms with Crippen molar-refractivity contribution in [3.05, 3.63) is 12.2 Å². The standard InChI is InChI=1S/C37H73NO5S/c1-3-5-7-9-11-13-15-16-17-18-19-20-21-22-23-25-27-29-31-33-37(40)38-35(34-44(41,42)43)36(39)32-30-28-26-24-14-12-10-8-6-4-2/h16-17,35-36,39H,3-15,18-34H2,1-2H3,(H,38,40)(H,41,42,43)/b17-16-. The summed E-state index contributed by atoms with van der Waals surface area (Å²) in [7, 11) is -4.30. The lowest BCUT2D eigenvalue weighted by Crippen LogP contribution is -2.47. The van der Waals surface area contributed by atoms with Crippen LogP contribution in [-0.4, -0.2) is 41.9 Å². The van der Waals surface area contributed by atoms with Gasteiger partial charge in [0, 0.05) is 6.42 Å². The molecule has 0 aliphatic rings. The molecular weight excluding hydrogens is 570 g/mol. The van der Waals surface area contributed by atoms with E-state index < -0.39 is 28.0 Å². The summed E-state index contributed by atoms with van der Waals surface area (Å²) in [6, 6.07) is -0.966. The second-order valence-electron chi connectivity index (χ2n) is 13.2. The van der Waals surface area contributed by atoms with Crippen LogP contribution in [0.1, 0.15) is 200 Å². The number of allylic oxidation sites excluding steroid dienone is 2. The van der Waals surface area contributed by atoms with Crippen LogP contribution in [0.15, 0.2) is 12.2 Å². The van der Waals surface area contributed by atoms with Crippen molar-refractivity contribution in [1.82, 2.24) is 5.32 Å². The highest BCUT2D eigenvalue weighted by atomic mass is 32.2. The molecule has 0 saturated heterocycles. The minimum atomic E-state index is -4.30. The zero-order chi connectivity index (χ0) is 32.6. The molecule has 7 heteroatoms. The molecule has 1 amide bonds. The van der Waals surface area contributed by atoms with Crippen LogP contribution in [0.3, 0.4) is 0 Å². The summed E-state index contributed by atoms with van der Waals surface area (Å²) in [4.78, 5) is 12.5. The molecule has 0 heterocycles. The van der Waals surface area contributed by atoms with Crippen LogP contribution in [-0.2, 0) is 14.9 Å². The van der Waals surface area contributed by atoms with E-state index in [9.17, 15) is 22.9 Å². The summed E-state index contributed by atoms with van der Waals surface area (Å²) in [6.07, 6.45) is 37.3. The Labute approximate surface area is 273 Å². The first-order valence-corrected chi connectivity index (χ1v) is 20.5. The van der Waals surface area contributed by atoms with E-state index in [-0.39, 0.29) is 5.91 Å². The minimum Gasteiger partial charge on any atom is -0.391 e. The molecule has 3 N–H and O–H groups in total. The van der Waals surface area contributed by atoms with Crippen molar-refractivity contribution in [3.63, 3.8) is 0 Å². The maximum Gasteiger partial charge on any atom is 0.266 e. The van der Waals surface area contributed by atoms with Gasteiger partial charge in [0.15, 0.2) is 0 Å². The summed E-state index contributed by atoms with van der Waals surface area (Å²) in [5, 5.41) is 13.3. The molecule has 2 atom stereocenters. The monoisotopic (exact) mass is 644 g/mol. The quantitative estimate of drug-likeness (QED) is 0.0368. The highest BCUT2D eigenvalue weighted by Crippen LogP contribution is 2.15. The zero-order valence-electron chi connectivity index (χ0n) is 29.1. The number of rotatable bonds is 34. The second kappa shape index (κ2) is 32.0. The number of carbonyl (C=O) groups is 1. The smallest absolute Gasteiger partial charge is 0.266 e. The largest absolute Gasteiger partial charge is 0.391 e. The number of unbranched alkanes of at least 4 members (excludes halogenated alkanes) is 24. The molecule has 0 aliphatic heterocycles. The van der Waals surface area contributed by atoms with Gasteiger partial charge < -0.3 is 10.4 Å². The first kappa shape index (κ1) is 43.1. The van der Waals surface area contributed by atoms with Crippen molar-refractivity contribution in [2.45, 2.75) is 212 Å². The first-order valence-electron chi connectivity index (χ1n) is 18.9. The van der Waals surface area contributed by atoms with Crippen molar-refractivity contribution < 1.29 is 22.9 Å². The normalized spacial score (nSPS) is 13.5. The average molecular weight is 644 g/mol. The van der Waals surface area contributed by atoms with E-state index >= 15 is 0 Å². The Morgan fingerprint density at radius 2 is 0.955 bits per heavy atom. The highest BCUT2D eigenvalue weighted by molar-refractivity contribution is 7.85. The number of aliphatic hydroxyl groups is 1. The van der Waals surface area contributed by atoms with E-state index in [4.69, 9.17) is 0 Å². The van der Waals surface area contributed by atoms with Gasteiger partial charge in [-0.25, -0.2) is 0 Å². The number of amides is 1. The van der Waals surface area contributed by atoms with Gasteiger partial charge in [0.25, 0.3) is 10.1 Å². The van der Waals surface area contributed by atoms with Gasteiger partial charge in [-0.1, -0.05) is 167 Å². The van der Waals surface area contributed by atoms with Crippen molar-refractivity contribution in [2.24, 2.45) is 0 Å². The number of hydrogen-bond donors (Lipinski definition) is 3.